The highest BCUT2D eigenvalue weighted by Gasteiger charge is 2.21. The van der Waals surface area contributed by atoms with Crippen molar-refractivity contribution in [1.82, 2.24) is 20.2 Å². The molecule has 0 radical (unpaired) electrons. The van der Waals surface area contributed by atoms with Crippen molar-refractivity contribution in [3.63, 3.8) is 0 Å². The number of halogens is 1. The first-order valence-electron chi connectivity index (χ1n) is 11.4. The van der Waals surface area contributed by atoms with Crippen LogP contribution in [0.1, 0.15) is 41.2 Å². The van der Waals surface area contributed by atoms with E-state index in [1.807, 2.05) is 26.0 Å². The van der Waals surface area contributed by atoms with Gasteiger partial charge in [-0.25, -0.2) is 9.37 Å². The smallest absolute Gasteiger partial charge is 0.206 e. The number of aromatic nitrogens is 2. The van der Waals surface area contributed by atoms with Gasteiger partial charge in [0.1, 0.15) is 5.82 Å². The van der Waals surface area contributed by atoms with E-state index in [4.69, 9.17) is 4.98 Å². The van der Waals surface area contributed by atoms with Gasteiger partial charge in [-0.05, 0) is 67.6 Å². The van der Waals surface area contributed by atoms with E-state index in [0.29, 0.717) is 17.7 Å². The summed E-state index contributed by atoms with van der Waals surface area (Å²) >= 11 is 0. The summed E-state index contributed by atoms with van der Waals surface area (Å²) in [4.78, 5) is 7.54. The normalized spacial score (nSPS) is 14.5. The van der Waals surface area contributed by atoms with Crippen LogP contribution in [0.15, 0.2) is 24.3 Å². The lowest BCUT2D eigenvalue weighted by atomic mass is 10.1. The van der Waals surface area contributed by atoms with Crippen molar-refractivity contribution in [2.24, 2.45) is 0 Å². The number of aryl methyl sites for hydroxylation is 3. The highest BCUT2D eigenvalue weighted by atomic mass is 19.1. The minimum Gasteiger partial charge on any atom is -0.340 e. The Labute approximate surface area is 184 Å². The molecule has 2 aromatic carbocycles. The largest absolute Gasteiger partial charge is 0.340 e. The van der Waals surface area contributed by atoms with Gasteiger partial charge in [0, 0.05) is 32.7 Å². The van der Waals surface area contributed by atoms with Gasteiger partial charge in [0.25, 0.3) is 0 Å². The average Bonchev–Trinajstić information content (AvgIpc) is 3.11. The molecule has 2 N–H and O–H groups in total. The summed E-state index contributed by atoms with van der Waals surface area (Å²) in [5, 5.41) is 6.97. The van der Waals surface area contributed by atoms with Gasteiger partial charge in [0.05, 0.1) is 17.6 Å². The predicted octanol–water partition coefficient (Wildman–Crippen LogP) is 4.06. The second kappa shape index (κ2) is 9.37. The molecule has 0 amide bonds. The summed E-state index contributed by atoms with van der Waals surface area (Å²) in [5.74, 6) is 0.903. The molecule has 2 heterocycles. The van der Waals surface area contributed by atoms with Crippen LogP contribution in [0.4, 0.5) is 10.3 Å². The molecule has 166 valence electrons. The van der Waals surface area contributed by atoms with Gasteiger partial charge in [-0.1, -0.05) is 25.1 Å². The molecule has 5 nitrogen and oxygen atoms in total. The maximum atomic E-state index is 14.2. The number of rotatable bonds is 7. The molecule has 0 bridgehead atoms. The Morgan fingerprint density at radius 1 is 1.06 bits per heavy atom. The molecule has 0 spiro atoms. The van der Waals surface area contributed by atoms with E-state index in [0.717, 1.165) is 68.2 Å². The van der Waals surface area contributed by atoms with Crippen molar-refractivity contribution in [3.8, 4) is 0 Å². The van der Waals surface area contributed by atoms with Gasteiger partial charge in [0.2, 0.25) is 5.95 Å². The molecule has 3 aromatic rings. The molecule has 0 saturated carbocycles. The molecule has 1 aliphatic heterocycles. The Kier molecular flexibility index (Phi) is 6.58. The highest BCUT2D eigenvalue weighted by molar-refractivity contribution is 5.83. The predicted molar refractivity (Wildman–Crippen MR) is 127 cm³/mol. The zero-order valence-electron chi connectivity index (χ0n) is 19.2. The lowest BCUT2D eigenvalue weighted by Gasteiger charge is -2.29. The summed E-state index contributed by atoms with van der Waals surface area (Å²) in [6.45, 7) is 14.3. The van der Waals surface area contributed by atoms with Crippen LogP contribution in [-0.4, -0.2) is 42.3 Å². The van der Waals surface area contributed by atoms with Crippen LogP contribution in [0.5, 0.6) is 0 Å². The van der Waals surface area contributed by atoms with Crippen LogP contribution in [0, 0.1) is 26.6 Å². The molecule has 4 rings (SSSR count). The van der Waals surface area contributed by atoms with Gasteiger partial charge in [0.15, 0.2) is 0 Å². The van der Waals surface area contributed by atoms with Crippen molar-refractivity contribution in [1.29, 1.82) is 0 Å². The van der Waals surface area contributed by atoms with E-state index in [2.05, 4.69) is 46.1 Å². The van der Waals surface area contributed by atoms with Gasteiger partial charge >= 0.3 is 0 Å². The first-order chi connectivity index (χ1) is 15.0. The molecular weight excluding hydrogens is 389 g/mol. The summed E-state index contributed by atoms with van der Waals surface area (Å²) in [6, 6.07) is 8.42. The number of hydrogen-bond acceptors (Lipinski definition) is 4. The van der Waals surface area contributed by atoms with Crippen LogP contribution < -0.4 is 15.5 Å². The minimum atomic E-state index is -0.110. The zero-order valence-corrected chi connectivity index (χ0v) is 19.2. The monoisotopic (exact) mass is 423 g/mol. The number of imidazole rings is 1. The fourth-order valence-corrected chi connectivity index (χ4v) is 4.54. The van der Waals surface area contributed by atoms with E-state index in [1.165, 1.54) is 11.1 Å². The van der Waals surface area contributed by atoms with Gasteiger partial charge < -0.3 is 20.1 Å². The second-order valence-corrected chi connectivity index (χ2v) is 8.75. The number of hydrogen-bond donors (Lipinski definition) is 2. The van der Waals surface area contributed by atoms with Gasteiger partial charge in [-0.15, -0.1) is 0 Å². The molecule has 1 aliphatic rings. The van der Waals surface area contributed by atoms with Crippen molar-refractivity contribution < 1.29 is 4.39 Å². The third-order valence-electron chi connectivity index (χ3n) is 6.04. The Balaban J connectivity index is 1.82. The lowest BCUT2D eigenvalue weighted by molar-refractivity contribution is 0.571. The highest BCUT2D eigenvalue weighted by Crippen LogP contribution is 2.29. The van der Waals surface area contributed by atoms with Crippen LogP contribution in [0.2, 0.25) is 0 Å². The average molecular weight is 424 g/mol. The third kappa shape index (κ3) is 4.60. The number of piperazine rings is 1. The van der Waals surface area contributed by atoms with E-state index >= 15 is 0 Å². The number of nitrogens with zero attached hydrogens (tertiary/aromatic N) is 3. The van der Waals surface area contributed by atoms with E-state index in [-0.39, 0.29) is 5.82 Å². The molecule has 0 aliphatic carbocycles. The summed E-state index contributed by atoms with van der Waals surface area (Å²) < 4.78 is 16.5. The second-order valence-electron chi connectivity index (χ2n) is 8.75. The first kappa shape index (κ1) is 21.8. The molecule has 1 fully saturated rings. The quantitative estimate of drug-likeness (QED) is 0.563. The minimum absolute atomic E-state index is 0.110. The summed E-state index contributed by atoms with van der Waals surface area (Å²) in [6.07, 6.45) is 1.11. The van der Waals surface area contributed by atoms with Crippen molar-refractivity contribution in [2.75, 3.05) is 37.6 Å². The number of benzene rings is 2. The Morgan fingerprint density at radius 3 is 2.45 bits per heavy atom. The maximum Gasteiger partial charge on any atom is 0.206 e. The number of fused-ring (bicyclic) bond motifs is 1. The standard InChI is InChI=1S/C25H34FN5/c1-5-6-28-15-21-11-17(2)12-22-24(21)29-25(30-9-7-27-8-10-30)31(22)16-20-13-18(3)23(26)19(4)14-20/h11-14,27-28H,5-10,15-16H2,1-4H3. The summed E-state index contributed by atoms with van der Waals surface area (Å²) in [7, 11) is 0. The molecule has 0 atom stereocenters. The Morgan fingerprint density at radius 2 is 1.77 bits per heavy atom. The molecule has 0 unspecified atom stereocenters. The van der Waals surface area contributed by atoms with Crippen molar-refractivity contribution in [3.05, 3.63) is 57.9 Å². The van der Waals surface area contributed by atoms with Crippen LogP contribution in [-0.2, 0) is 13.1 Å². The molecular formula is C25H34FN5. The number of anilines is 1. The maximum absolute atomic E-state index is 14.2. The SMILES string of the molecule is CCCNCc1cc(C)cc2c1nc(N1CCNCC1)n2Cc1cc(C)c(F)c(C)c1. The number of nitrogens with one attached hydrogen (secondary N) is 2. The van der Waals surface area contributed by atoms with Crippen LogP contribution >= 0.6 is 0 Å². The summed E-state index contributed by atoms with van der Waals surface area (Å²) in [5.41, 5.74) is 7.21. The lowest BCUT2D eigenvalue weighted by Crippen LogP contribution is -2.44. The van der Waals surface area contributed by atoms with E-state index in [1.54, 1.807) is 0 Å². The van der Waals surface area contributed by atoms with Crippen molar-refractivity contribution in [2.45, 2.75) is 47.2 Å². The topological polar surface area (TPSA) is 45.1 Å². The van der Waals surface area contributed by atoms with E-state index in [9.17, 15) is 4.39 Å². The molecule has 1 saturated heterocycles. The van der Waals surface area contributed by atoms with Gasteiger partial charge in [-0.2, -0.15) is 0 Å². The third-order valence-corrected chi connectivity index (χ3v) is 6.04. The zero-order chi connectivity index (χ0) is 22.0. The first-order valence-corrected chi connectivity index (χ1v) is 11.4. The molecule has 1 aromatic heterocycles. The van der Waals surface area contributed by atoms with Crippen molar-refractivity contribution >= 4 is 17.0 Å². The Bertz CT molecular complexity index is 1040. The molecule has 31 heavy (non-hydrogen) atoms. The van der Waals surface area contributed by atoms with Gasteiger partial charge in [-0.3, -0.25) is 0 Å². The van der Waals surface area contributed by atoms with Crippen LogP contribution in [0.3, 0.4) is 0 Å². The Hall–Kier alpha value is -2.44. The fourth-order valence-electron chi connectivity index (χ4n) is 4.54. The van der Waals surface area contributed by atoms with Crippen LogP contribution in [0.25, 0.3) is 11.0 Å². The fraction of sp³-hybridized carbons (Fsp3) is 0.480. The van der Waals surface area contributed by atoms with E-state index < -0.39 is 0 Å². The molecule has 6 heteroatoms.